The van der Waals surface area contributed by atoms with Gasteiger partial charge in [-0.05, 0) is 81.4 Å². The van der Waals surface area contributed by atoms with E-state index in [4.69, 9.17) is 23.7 Å². The minimum absolute atomic E-state index is 0.0706. The Bertz CT molecular complexity index is 1270. The summed E-state index contributed by atoms with van der Waals surface area (Å²) in [5, 5.41) is 25.0. The monoisotopic (exact) mass is 599 g/mol. The molecule has 0 aromatic heterocycles. The van der Waals surface area contributed by atoms with Gasteiger partial charge in [0, 0.05) is 42.0 Å². The molecule has 2 unspecified atom stereocenters. The van der Waals surface area contributed by atoms with Crippen molar-refractivity contribution in [1.82, 2.24) is 4.90 Å². The Hall–Kier alpha value is -1.91. The van der Waals surface area contributed by atoms with Crippen LogP contribution in [0.5, 0.6) is 11.5 Å². The smallest absolute Gasteiger partial charge is 0.482 e. The lowest BCUT2D eigenvalue weighted by molar-refractivity contribution is -0.305. The summed E-state index contributed by atoms with van der Waals surface area (Å²) in [6.07, 6.45) is 5.34. The highest BCUT2D eigenvalue weighted by molar-refractivity contribution is 5.70. The highest BCUT2D eigenvalue weighted by atomic mass is 16.7. The third-order valence-electron chi connectivity index (χ3n) is 12.6. The van der Waals surface area contributed by atoms with Gasteiger partial charge in [-0.1, -0.05) is 26.8 Å². The largest absolute Gasteiger partial charge is 0.514 e. The van der Waals surface area contributed by atoms with E-state index < -0.39 is 34.3 Å². The molecule has 7 atom stereocenters. The quantitative estimate of drug-likeness (QED) is 0.232. The van der Waals surface area contributed by atoms with E-state index in [0.717, 1.165) is 50.3 Å². The molecule has 5 fully saturated rings. The molecule has 2 spiro atoms. The number of piperidine rings is 1. The maximum atomic E-state index is 12.8. The van der Waals surface area contributed by atoms with E-state index in [1.807, 2.05) is 13.0 Å². The van der Waals surface area contributed by atoms with Gasteiger partial charge < -0.3 is 33.9 Å². The molecule has 1 aromatic carbocycles. The molecule has 2 N–H and O–H groups in total. The van der Waals surface area contributed by atoms with Crippen LogP contribution in [0.4, 0.5) is 4.79 Å². The summed E-state index contributed by atoms with van der Waals surface area (Å²) < 4.78 is 28.4. The molecular formula is C34H49NO8. The summed E-state index contributed by atoms with van der Waals surface area (Å²) in [6.45, 7) is 11.4. The minimum Gasteiger partial charge on any atom is -0.482 e. The number of benzene rings is 1. The number of hydrogen-bond donors (Lipinski definition) is 2. The molecule has 0 amide bonds. The normalized spacial score (nSPS) is 37.0. The fraction of sp³-hybridized carbons (Fsp3) is 0.794. The van der Waals surface area contributed by atoms with Crippen molar-refractivity contribution in [3.05, 3.63) is 23.3 Å². The molecule has 9 heteroatoms. The van der Waals surface area contributed by atoms with Crippen LogP contribution in [0.2, 0.25) is 0 Å². The van der Waals surface area contributed by atoms with Gasteiger partial charge in [-0.2, -0.15) is 0 Å². The maximum absolute atomic E-state index is 12.8. The van der Waals surface area contributed by atoms with Crippen molar-refractivity contribution in [2.24, 2.45) is 22.7 Å². The predicted molar refractivity (Wildman–Crippen MR) is 158 cm³/mol. The predicted octanol–water partition coefficient (Wildman–Crippen LogP) is 4.23. The number of fused-ring (bicyclic) bond motifs is 2. The minimum atomic E-state index is -1.22. The Morgan fingerprint density at radius 2 is 1.86 bits per heavy atom. The number of ether oxygens (including phenoxy) is 5. The van der Waals surface area contributed by atoms with Gasteiger partial charge in [-0.3, -0.25) is 4.90 Å². The van der Waals surface area contributed by atoms with Crippen LogP contribution in [0.3, 0.4) is 0 Å². The van der Waals surface area contributed by atoms with Crippen LogP contribution in [-0.4, -0.2) is 91.2 Å². The van der Waals surface area contributed by atoms with Crippen molar-refractivity contribution >= 4 is 6.16 Å². The van der Waals surface area contributed by atoms with Crippen molar-refractivity contribution < 1.29 is 38.7 Å². The lowest BCUT2D eigenvalue weighted by Crippen LogP contribution is -2.82. The van der Waals surface area contributed by atoms with Crippen LogP contribution in [0.1, 0.15) is 77.3 Å². The Kier molecular flexibility index (Phi) is 6.96. The number of methoxy groups -OCH3 is 1. The number of aliphatic hydroxyl groups is 2. The molecule has 7 aliphatic rings. The van der Waals surface area contributed by atoms with Crippen molar-refractivity contribution in [2.45, 2.75) is 101 Å². The lowest BCUT2D eigenvalue weighted by Gasteiger charge is -2.75. The fourth-order valence-electron chi connectivity index (χ4n) is 9.88. The van der Waals surface area contributed by atoms with Crippen molar-refractivity contribution in [1.29, 1.82) is 0 Å². The zero-order chi connectivity index (χ0) is 30.4. The first kappa shape index (κ1) is 29.8. The number of nitrogens with zero attached hydrogens (tertiary/aromatic N) is 1. The summed E-state index contributed by atoms with van der Waals surface area (Å²) >= 11 is 0. The second-order valence-corrected chi connectivity index (χ2v) is 15.4. The van der Waals surface area contributed by atoms with E-state index in [1.54, 1.807) is 7.11 Å². The van der Waals surface area contributed by atoms with Gasteiger partial charge in [-0.25, -0.2) is 4.79 Å². The van der Waals surface area contributed by atoms with Gasteiger partial charge in [0.25, 0.3) is 0 Å². The summed E-state index contributed by atoms with van der Waals surface area (Å²) in [5.74, 6) is 1.34. The standard InChI is InChI=1S/C34H49NO8/c1-30(2,3)31(4,37)24-19-32-10-11-34(24,38)28-33(32)12-13-35(20-21-6-7-21)25(32)18-22-8-9-23(27(43-28)26(22)33)42-29(36)41-17-16-40-15-14-39-5/h8-9,21,24-25,28,37-38H,6-7,10-20H2,1-5H3/t24-,25-,28-,31+,32?,33?,34+/m1/s1. The van der Waals surface area contributed by atoms with E-state index >= 15 is 0 Å². The van der Waals surface area contributed by atoms with Crippen molar-refractivity contribution in [2.75, 3.05) is 46.6 Å². The molecule has 2 aliphatic heterocycles. The molecule has 8 rings (SSSR count). The molecule has 5 aliphatic carbocycles. The zero-order valence-corrected chi connectivity index (χ0v) is 26.4. The molecule has 1 aromatic rings. The van der Waals surface area contributed by atoms with Gasteiger partial charge in [-0.15, -0.1) is 0 Å². The van der Waals surface area contributed by atoms with Gasteiger partial charge in [0.2, 0.25) is 0 Å². The molecule has 4 saturated carbocycles. The zero-order valence-electron chi connectivity index (χ0n) is 26.4. The second-order valence-electron chi connectivity index (χ2n) is 15.4. The van der Waals surface area contributed by atoms with E-state index in [-0.39, 0.29) is 24.5 Å². The van der Waals surface area contributed by atoms with Crippen LogP contribution in [0, 0.1) is 22.7 Å². The Morgan fingerprint density at radius 3 is 2.58 bits per heavy atom. The van der Waals surface area contributed by atoms with Crippen molar-refractivity contribution in [3.63, 3.8) is 0 Å². The molecule has 1 saturated heterocycles. The van der Waals surface area contributed by atoms with Crippen LogP contribution < -0.4 is 9.47 Å². The average Bonchev–Trinajstić information content (AvgIpc) is 3.69. The average molecular weight is 600 g/mol. The maximum Gasteiger partial charge on any atom is 0.514 e. The first-order valence-corrected chi connectivity index (χ1v) is 16.3. The van der Waals surface area contributed by atoms with Gasteiger partial charge in [0.1, 0.15) is 18.3 Å². The summed E-state index contributed by atoms with van der Waals surface area (Å²) in [6, 6.07) is 4.24. The van der Waals surface area contributed by atoms with E-state index in [1.165, 1.54) is 18.4 Å². The molecule has 2 heterocycles. The topological polar surface area (TPSA) is 107 Å². The number of likely N-dealkylation sites (tertiary alicyclic amines) is 1. The molecule has 4 bridgehead atoms. The van der Waals surface area contributed by atoms with Crippen LogP contribution in [-0.2, 0) is 26.0 Å². The van der Waals surface area contributed by atoms with Gasteiger partial charge >= 0.3 is 6.16 Å². The van der Waals surface area contributed by atoms with Gasteiger partial charge in [0.05, 0.1) is 25.4 Å². The second kappa shape index (κ2) is 10.0. The number of carbonyl (C=O) groups excluding carboxylic acids is 1. The van der Waals surface area contributed by atoms with Crippen LogP contribution >= 0.6 is 0 Å². The Morgan fingerprint density at radius 1 is 1.09 bits per heavy atom. The molecule has 43 heavy (non-hydrogen) atoms. The Labute approximate surface area is 255 Å². The fourth-order valence-corrected chi connectivity index (χ4v) is 9.88. The first-order chi connectivity index (χ1) is 20.4. The first-order valence-electron chi connectivity index (χ1n) is 16.3. The molecular weight excluding hydrogens is 550 g/mol. The van der Waals surface area contributed by atoms with E-state index in [0.29, 0.717) is 37.2 Å². The SMILES string of the molecule is COCCOCCOC(=O)Oc1ccc2c3c1O[C@@H]1C34CCN(CC3CC3)[C@H](C2)C42CC[C@]1(O)[C@@H]([C@](C)(O)C(C)(C)C)C2. The van der Waals surface area contributed by atoms with Crippen LogP contribution in [0.15, 0.2) is 12.1 Å². The Balaban J connectivity index is 1.26. The number of rotatable bonds is 10. The number of carbonyl (C=O) groups is 1. The van der Waals surface area contributed by atoms with E-state index in [9.17, 15) is 15.0 Å². The highest BCUT2D eigenvalue weighted by Gasteiger charge is 2.82. The molecule has 238 valence electrons. The number of hydrogen-bond acceptors (Lipinski definition) is 9. The highest BCUT2D eigenvalue weighted by Crippen LogP contribution is 2.77. The van der Waals surface area contributed by atoms with Crippen molar-refractivity contribution in [3.8, 4) is 11.5 Å². The summed E-state index contributed by atoms with van der Waals surface area (Å²) in [4.78, 5) is 15.5. The van der Waals surface area contributed by atoms with Crippen LogP contribution in [0.25, 0.3) is 0 Å². The summed E-state index contributed by atoms with van der Waals surface area (Å²) in [7, 11) is 1.61. The van der Waals surface area contributed by atoms with Gasteiger partial charge in [0.15, 0.2) is 11.5 Å². The summed E-state index contributed by atoms with van der Waals surface area (Å²) in [5.41, 5.74) is -0.945. The third kappa shape index (κ3) is 4.17. The lowest BCUT2D eigenvalue weighted by atomic mass is 9.33. The molecule has 0 radical (unpaired) electrons. The van der Waals surface area contributed by atoms with E-state index in [2.05, 4.69) is 31.7 Å². The third-order valence-corrected chi connectivity index (χ3v) is 12.6. The molecule has 9 nitrogen and oxygen atoms in total.